The zero-order valence-electron chi connectivity index (χ0n) is 14.3. The summed E-state index contributed by atoms with van der Waals surface area (Å²) in [5, 5.41) is 10.1. The third-order valence-corrected chi connectivity index (χ3v) is 10.6. The monoisotopic (exact) mass is 497 g/mol. The second-order valence-electron chi connectivity index (χ2n) is 4.38. The van der Waals surface area contributed by atoms with Crippen molar-refractivity contribution < 1.29 is 18.9 Å². The van der Waals surface area contributed by atoms with Crippen molar-refractivity contribution in [1.29, 1.82) is 0 Å². The molecule has 0 amide bonds. The van der Waals surface area contributed by atoms with E-state index in [2.05, 4.69) is 12.6 Å². The smallest absolute Gasteiger partial charge is 0.321 e. The van der Waals surface area contributed by atoms with Crippen LogP contribution in [-0.2, 0) is 25.6 Å². The fraction of sp³-hybridized carbons (Fsp3) is 0.500. The molecule has 0 heterocycles. The number of aliphatic carboxylic acids is 1. The molecule has 0 radical (unpaired) electrons. The SMILES string of the molecule is CCOP(=S)(OCC)SCSc1cc(Cl)ccc1Cl.N[C@@H](CS)C(=O)O. The first-order chi connectivity index (χ1) is 12.2. The topological polar surface area (TPSA) is 81.8 Å². The van der Waals surface area contributed by atoms with Crippen molar-refractivity contribution in [2.24, 2.45) is 5.73 Å². The lowest BCUT2D eigenvalue weighted by molar-refractivity contribution is -0.137. The molecule has 1 atom stereocenters. The van der Waals surface area contributed by atoms with E-state index in [1.165, 1.54) is 11.4 Å². The van der Waals surface area contributed by atoms with E-state index < -0.39 is 17.7 Å². The van der Waals surface area contributed by atoms with Gasteiger partial charge in [-0.1, -0.05) is 34.6 Å². The van der Waals surface area contributed by atoms with Crippen LogP contribution in [0.4, 0.5) is 0 Å². The number of halogens is 2. The van der Waals surface area contributed by atoms with Crippen molar-refractivity contribution in [3.05, 3.63) is 28.2 Å². The highest BCUT2D eigenvalue weighted by Crippen LogP contribution is 2.62. The minimum Gasteiger partial charge on any atom is -0.480 e. The summed E-state index contributed by atoms with van der Waals surface area (Å²) in [6.45, 7) is 4.96. The van der Waals surface area contributed by atoms with E-state index >= 15 is 0 Å². The van der Waals surface area contributed by atoms with Gasteiger partial charge in [0.2, 0.25) is 5.69 Å². The number of hydrogen-bond acceptors (Lipinski definition) is 8. The Morgan fingerprint density at radius 3 is 2.38 bits per heavy atom. The molecule has 0 bridgehead atoms. The van der Waals surface area contributed by atoms with E-state index in [4.69, 9.17) is 54.9 Å². The second kappa shape index (κ2) is 14.8. The van der Waals surface area contributed by atoms with Gasteiger partial charge in [-0.15, -0.1) is 11.8 Å². The Hall–Kier alpha value is 0.850. The van der Waals surface area contributed by atoms with Gasteiger partial charge in [0.1, 0.15) is 6.04 Å². The lowest BCUT2D eigenvalue weighted by Crippen LogP contribution is -2.31. The molecule has 1 aromatic rings. The van der Waals surface area contributed by atoms with E-state index in [1.54, 1.807) is 23.9 Å². The molecular weight excluding hydrogens is 476 g/mol. The van der Waals surface area contributed by atoms with Gasteiger partial charge in [0, 0.05) is 15.7 Å². The molecule has 0 fully saturated rings. The summed E-state index contributed by atoms with van der Waals surface area (Å²) in [7, 11) is 0. The summed E-state index contributed by atoms with van der Waals surface area (Å²) < 4.78 is 11.1. The summed E-state index contributed by atoms with van der Waals surface area (Å²) in [6.07, 6.45) is 0. The molecule has 0 aliphatic heterocycles. The molecule has 0 aromatic heterocycles. The Morgan fingerprint density at radius 2 is 1.96 bits per heavy atom. The Labute approximate surface area is 183 Å². The van der Waals surface area contributed by atoms with E-state index in [0.717, 1.165) is 9.98 Å². The van der Waals surface area contributed by atoms with Crippen LogP contribution in [0.25, 0.3) is 0 Å². The van der Waals surface area contributed by atoms with Gasteiger partial charge < -0.3 is 19.9 Å². The standard InChI is InChI=1S/C11H15Cl2O2PS3.C3H7NO2S/c1-3-14-16(17,15-4-2)19-8-18-11-7-9(12)5-6-10(11)13;4-2(1-7)3(5)6/h5-7H,3-4,8H2,1-2H3;2,7H,1,4H2,(H,5,6)/t;2-/m.0/s1. The van der Waals surface area contributed by atoms with Crippen LogP contribution in [-0.4, -0.2) is 41.2 Å². The number of hydrogen-bond donors (Lipinski definition) is 3. The number of carboxylic acids is 1. The molecule has 0 spiro atoms. The Kier molecular flexibility index (Phi) is 15.3. The first kappa shape index (κ1) is 26.9. The van der Waals surface area contributed by atoms with E-state index in [-0.39, 0.29) is 5.75 Å². The van der Waals surface area contributed by atoms with Crippen molar-refractivity contribution in [1.82, 2.24) is 0 Å². The molecule has 0 aliphatic rings. The number of carboxylic acid groups (broad SMARTS) is 1. The van der Waals surface area contributed by atoms with Crippen LogP contribution in [0.2, 0.25) is 10.0 Å². The highest BCUT2D eigenvalue weighted by atomic mass is 35.5. The second-order valence-corrected chi connectivity index (χ2v) is 13.3. The molecule has 0 aliphatic carbocycles. The van der Waals surface area contributed by atoms with Crippen LogP contribution in [0.15, 0.2) is 23.1 Å². The lowest BCUT2D eigenvalue weighted by Gasteiger charge is -2.19. The van der Waals surface area contributed by atoms with Crippen molar-refractivity contribution in [2.75, 3.05) is 24.1 Å². The molecule has 3 N–H and O–H groups in total. The Bertz CT molecular complexity index is 602. The zero-order chi connectivity index (χ0) is 20.2. The third kappa shape index (κ3) is 11.6. The number of nitrogens with two attached hydrogens (primary N) is 1. The Morgan fingerprint density at radius 1 is 1.38 bits per heavy atom. The van der Waals surface area contributed by atoms with Crippen LogP contribution in [0, 0.1) is 0 Å². The van der Waals surface area contributed by atoms with Crippen molar-refractivity contribution in [2.45, 2.75) is 24.8 Å². The van der Waals surface area contributed by atoms with Crippen molar-refractivity contribution >= 4 is 82.4 Å². The molecule has 1 aromatic carbocycles. The fourth-order valence-corrected chi connectivity index (χ4v) is 8.94. The maximum absolute atomic E-state index is 9.76. The predicted molar refractivity (Wildman–Crippen MR) is 122 cm³/mol. The molecule has 12 heteroatoms. The summed E-state index contributed by atoms with van der Waals surface area (Å²) >= 11 is 24.2. The molecule has 0 saturated carbocycles. The average molecular weight is 498 g/mol. The quantitative estimate of drug-likeness (QED) is 0.171. The maximum Gasteiger partial charge on any atom is 0.321 e. The van der Waals surface area contributed by atoms with Crippen LogP contribution in [0.1, 0.15) is 13.8 Å². The number of carbonyl (C=O) groups is 1. The maximum atomic E-state index is 9.76. The van der Waals surface area contributed by atoms with Crippen molar-refractivity contribution in [3.63, 3.8) is 0 Å². The van der Waals surface area contributed by atoms with Gasteiger partial charge in [0.25, 0.3) is 0 Å². The van der Waals surface area contributed by atoms with Crippen LogP contribution >= 0.6 is 64.7 Å². The minimum absolute atomic E-state index is 0.190. The molecule has 150 valence electrons. The molecule has 0 saturated heterocycles. The van der Waals surface area contributed by atoms with E-state index in [1.807, 2.05) is 19.9 Å². The molecule has 0 unspecified atom stereocenters. The molecular formula is C14H22Cl2NO4PS4. The first-order valence-electron chi connectivity index (χ1n) is 7.39. The first-order valence-corrected chi connectivity index (χ1v) is 14.0. The summed E-state index contributed by atoms with van der Waals surface area (Å²) in [6, 6.07) is 4.59. The molecule has 5 nitrogen and oxygen atoms in total. The summed E-state index contributed by atoms with van der Waals surface area (Å²) in [5.41, 5.74) is 2.71. The van der Waals surface area contributed by atoms with Gasteiger partial charge in [0.05, 0.1) is 23.3 Å². The van der Waals surface area contributed by atoms with E-state index in [0.29, 0.717) is 23.3 Å². The number of thiol groups is 1. The fourth-order valence-electron chi connectivity index (χ4n) is 1.25. The molecule has 26 heavy (non-hydrogen) atoms. The van der Waals surface area contributed by atoms with Gasteiger partial charge in [-0.25, -0.2) is 0 Å². The van der Waals surface area contributed by atoms with Gasteiger partial charge in [-0.05, 0) is 43.9 Å². The number of benzene rings is 1. The largest absolute Gasteiger partial charge is 0.480 e. The lowest BCUT2D eigenvalue weighted by atomic mass is 10.4. The van der Waals surface area contributed by atoms with Gasteiger partial charge in [-0.2, -0.15) is 12.6 Å². The van der Waals surface area contributed by atoms with Crippen LogP contribution in [0.5, 0.6) is 0 Å². The average Bonchev–Trinajstić information content (AvgIpc) is 2.58. The Balaban J connectivity index is 0.000000758. The molecule has 1 rings (SSSR count). The van der Waals surface area contributed by atoms with Crippen LogP contribution in [0.3, 0.4) is 0 Å². The van der Waals surface area contributed by atoms with Crippen molar-refractivity contribution in [3.8, 4) is 0 Å². The van der Waals surface area contributed by atoms with Gasteiger partial charge >= 0.3 is 5.97 Å². The third-order valence-electron chi connectivity index (χ3n) is 2.41. The normalized spacial score (nSPS) is 12.2. The summed E-state index contributed by atoms with van der Waals surface area (Å²) in [4.78, 5) is 10.7. The summed E-state index contributed by atoms with van der Waals surface area (Å²) in [5.74, 6) is -0.815. The zero-order valence-corrected chi connectivity index (χ0v) is 20.0. The highest BCUT2D eigenvalue weighted by molar-refractivity contribution is 8.69. The highest BCUT2D eigenvalue weighted by Gasteiger charge is 2.19. The van der Waals surface area contributed by atoms with Gasteiger partial charge in [0.15, 0.2) is 0 Å². The predicted octanol–water partition coefficient (Wildman–Crippen LogP) is 5.40. The van der Waals surface area contributed by atoms with Gasteiger partial charge in [-0.3, -0.25) is 4.79 Å². The number of rotatable bonds is 10. The number of thioether (sulfide) groups is 1. The minimum atomic E-state index is -2.23. The van der Waals surface area contributed by atoms with Crippen LogP contribution < -0.4 is 5.73 Å². The van der Waals surface area contributed by atoms with E-state index in [9.17, 15) is 4.79 Å².